The van der Waals surface area contributed by atoms with Crippen molar-refractivity contribution in [1.29, 1.82) is 0 Å². The molecule has 0 radical (unpaired) electrons. The van der Waals surface area contributed by atoms with Crippen molar-refractivity contribution in [3.8, 4) is 0 Å². The quantitative estimate of drug-likeness (QED) is 0.0487. The molecule has 0 aromatic rings. The Morgan fingerprint density at radius 2 is 0.927 bits per heavy atom. The summed E-state index contributed by atoms with van der Waals surface area (Å²) in [4.78, 5) is 24.1. The van der Waals surface area contributed by atoms with Crippen LogP contribution in [-0.4, -0.2) is 36.4 Å². The molecule has 0 aliphatic rings. The largest absolute Gasteiger partial charge is 0.462 e. The molecule has 0 fully saturated rings. The number of unbranched alkanes of at least 4 members (excludes halogenated alkanes) is 22. The number of carbonyl (C=O) groups is 2. The molecule has 1 atom stereocenters. The van der Waals surface area contributed by atoms with Crippen molar-refractivity contribution >= 4 is 11.9 Å². The summed E-state index contributed by atoms with van der Waals surface area (Å²) in [6.45, 7) is 4.09. The lowest BCUT2D eigenvalue weighted by Gasteiger charge is -2.15. The molecular formula is C36H68O5. The fourth-order valence-electron chi connectivity index (χ4n) is 5.06. The van der Waals surface area contributed by atoms with Crippen LogP contribution in [0.15, 0.2) is 12.2 Å². The lowest BCUT2D eigenvalue weighted by molar-refractivity contribution is -0.161. The molecule has 0 rings (SSSR count). The van der Waals surface area contributed by atoms with Gasteiger partial charge in [0.2, 0.25) is 0 Å². The van der Waals surface area contributed by atoms with Crippen LogP contribution in [0.1, 0.15) is 187 Å². The van der Waals surface area contributed by atoms with Crippen LogP contribution >= 0.6 is 0 Å². The van der Waals surface area contributed by atoms with Crippen LogP contribution in [0.4, 0.5) is 0 Å². The van der Waals surface area contributed by atoms with E-state index in [1.54, 1.807) is 0 Å². The van der Waals surface area contributed by atoms with E-state index in [0.717, 1.165) is 44.9 Å². The number of aliphatic hydroxyl groups is 1. The molecule has 1 N–H and O–H groups in total. The highest BCUT2D eigenvalue weighted by atomic mass is 16.6. The number of rotatable bonds is 32. The minimum absolute atomic E-state index is 0.0651. The lowest BCUT2D eigenvalue weighted by atomic mass is 10.0. The van der Waals surface area contributed by atoms with Gasteiger partial charge in [0.05, 0.1) is 6.61 Å². The summed E-state index contributed by atoms with van der Waals surface area (Å²) in [6.07, 6.45) is 35.5. The smallest absolute Gasteiger partial charge is 0.306 e. The maximum atomic E-state index is 12.1. The number of esters is 2. The minimum Gasteiger partial charge on any atom is -0.462 e. The fraction of sp³-hybridized carbons (Fsp3) is 0.889. The molecule has 41 heavy (non-hydrogen) atoms. The number of ether oxygens (including phenoxy) is 2. The molecule has 5 heteroatoms. The van der Waals surface area contributed by atoms with Crippen LogP contribution in [0.25, 0.3) is 0 Å². The summed E-state index contributed by atoms with van der Waals surface area (Å²) in [7, 11) is 0. The maximum Gasteiger partial charge on any atom is 0.306 e. The first-order valence-corrected chi connectivity index (χ1v) is 17.7. The molecule has 0 amide bonds. The van der Waals surface area contributed by atoms with Crippen LogP contribution in [0.5, 0.6) is 0 Å². The molecule has 0 aliphatic heterocycles. The first kappa shape index (κ1) is 39.6. The summed E-state index contributed by atoms with van der Waals surface area (Å²) in [5, 5.41) is 9.50. The molecule has 0 unspecified atom stereocenters. The third kappa shape index (κ3) is 31.4. The Balaban J connectivity index is 3.53. The first-order valence-electron chi connectivity index (χ1n) is 17.7. The summed E-state index contributed by atoms with van der Waals surface area (Å²) in [5.74, 6) is -0.596. The van der Waals surface area contributed by atoms with E-state index in [1.165, 1.54) is 116 Å². The van der Waals surface area contributed by atoms with Gasteiger partial charge in [-0.15, -0.1) is 0 Å². The third-order valence-corrected chi connectivity index (χ3v) is 7.81. The molecule has 0 spiro atoms. The van der Waals surface area contributed by atoms with Crippen LogP contribution in [0.3, 0.4) is 0 Å². The Morgan fingerprint density at radius 3 is 1.39 bits per heavy atom. The monoisotopic (exact) mass is 581 g/mol. The molecular weight excluding hydrogens is 512 g/mol. The molecule has 0 aromatic heterocycles. The second-order valence-electron chi connectivity index (χ2n) is 12.0. The van der Waals surface area contributed by atoms with Gasteiger partial charge in [0.1, 0.15) is 6.61 Å². The number of allylic oxidation sites excluding steroid dienone is 2. The van der Waals surface area contributed by atoms with Crippen molar-refractivity contribution in [1.82, 2.24) is 0 Å². The summed E-state index contributed by atoms with van der Waals surface area (Å²) < 4.78 is 10.6. The van der Waals surface area contributed by atoms with Gasteiger partial charge in [-0.2, -0.15) is 0 Å². The maximum absolute atomic E-state index is 12.1. The van der Waals surface area contributed by atoms with E-state index >= 15 is 0 Å². The molecule has 0 heterocycles. The zero-order valence-electron chi connectivity index (χ0n) is 27.3. The highest BCUT2D eigenvalue weighted by Crippen LogP contribution is 2.14. The second-order valence-corrected chi connectivity index (χ2v) is 12.0. The number of hydrogen-bond donors (Lipinski definition) is 1. The van der Waals surface area contributed by atoms with Crippen molar-refractivity contribution in [2.45, 2.75) is 193 Å². The van der Waals surface area contributed by atoms with Crippen molar-refractivity contribution < 1.29 is 24.2 Å². The molecule has 0 saturated heterocycles. The highest BCUT2D eigenvalue weighted by molar-refractivity contribution is 5.70. The fourth-order valence-corrected chi connectivity index (χ4v) is 5.06. The number of hydrogen-bond acceptors (Lipinski definition) is 5. The van der Waals surface area contributed by atoms with Gasteiger partial charge in [-0.1, -0.05) is 154 Å². The van der Waals surface area contributed by atoms with E-state index in [4.69, 9.17) is 9.47 Å². The third-order valence-electron chi connectivity index (χ3n) is 7.81. The number of aliphatic hydroxyl groups excluding tert-OH is 1. The van der Waals surface area contributed by atoms with Gasteiger partial charge < -0.3 is 14.6 Å². The van der Waals surface area contributed by atoms with Gasteiger partial charge in [-0.25, -0.2) is 0 Å². The first-order chi connectivity index (χ1) is 20.1. The second kappa shape index (κ2) is 33.1. The van der Waals surface area contributed by atoms with Crippen molar-refractivity contribution in [2.75, 3.05) is 13.2 Å². The summed E-state index contributed by atoms with van der Waals surface area (Å²) in [5.41, 5.74) is 0. The van der Waals surface area contributed by atoms with E-state index in [1.807, 2.05) is 0 Å². The van der Waals surface area contributed by atoms with Gasteiger partial charge >= 0.3 is 11.9 Å². The molecule has 0 aromatic carbocycles. The lowest BCUT2D eigenvalue weighted by Crippen LogP contribution is -2.28. The van der Waals surface area contributed by atoms with Crippen molar-refractivity contribution in [3.05, 3.63) is 12.2 Å². The molecule has 0 aliphatic carbocycles. The highest BCUT2D eigenvalue weighted by Gasteiger charge is 2.16. The van der Waals surface area contributed by atoms with Crippen molar-refractivity contribution in [2.24, 2.45) is 0 Å². The normalized spacial score (nSPS) is 12.2. The Kier molecular flexibility index (Phi) is 32.0. The topological polar surface area (TPSA) is 72.8 Å². The van der Waals surface area contributed by atoms with E-state index in [0.29, 0.717) is 12.8 Å². The van der Waals surface area contributed by atoms with Gasteiger partial charge in [0, 0.05) is 12.8 Å². The molecule has 0 saturated carbocycles. The zero-order valence-corrected chi connectivity index (χ0v) is 27.3. The van der Waals surface area contributed by atoms with Crippen LogP contribution in [-0.2, 0) is 19.1 Å². The van der Waals surface area contributed by atoms with Gasteiger partial charge in [-0.3, -0.25) is 9.59 Å². The predicted octanol–water partition coefficient (Wildman–Crippen LogP) is 10.6. The van der Waals surface area contributed by atoms with E-state index < -0.39 is 6.10 Å². The van der Waals surface area contributed by atoms with Crippen LogP contribution < -0.4 is 0 Å². The van der Waals surface area contributed by atoms with E-state index in [9.17, 15) is 14.7 Å². The summed E-state index contributed by atoms with van der Waals surface area (Å²) in [6, 6.07) is 0. The Bertz CT molecular complexity index is 589. The van der Waals surface area contributed by atoms with Gasteiger partial charge in [0.15, 0.2) is 6.10 Å². The SMILES string of the molecule is CCCC/C=C/CCCCCCCC(=O)OC[C@H](CO)OC(=O)CCCCCCCCCCCCCCCCCC. The zero-order chi connectivity index (χ0) is 30.1. The van der Waals surface area contributed by atoms with E-state index in [2.05, 4.69) is 26.0 Å². The molecule has 242 valence electrons. The Morgan fingerprint density at radius 1 is 0.537 bits per heavy atom. The molecule has 0 bridgehead atoms. The average Bonchev–Trinajstić information content (AvgIpc) is 2.97. The number of carbonyl (C=O) groups excluding carboxylic acids is 2. The summed E-state index contributed by atoms with van der Waals surface area (Å²) >= 11 is 0. The van der Waals surface area contributed by atoms with Crippen LogP contribution in [0.2, 0.25) is 0 Å². The van der Waals surface area contributed by atoms with E-state index in [-0.39, 0.29) is 25.2 Å². The standard InChI is InChI=1S/C36H68O5/c1-3-5-7-9-11-13-15-16-17-18-19-21-23-25-27-29-31-36(39)41-34(32-37)33-40-35(38)30-28-26-24-22-20-14-12-10-8-6-4-2/h10,12,34,37H,3-9,11,13-33H2,1-2H3/b12-10+/t34-/m0/s1. The Labute approximate surface area is 254 Å². The van der Waals surface area contributed by atoms with Crippen LogP contribution in [0, 0.1) is 0 Å². The Hall–Kier alpha value is -1.36. The average molecular weight is 581 g/mol. The van der Waals surface area contributed by atoms with Gasteiger partial charge in [-0.05, 0) is 32.1 Å². The predicted molar refractivity (Wildman–Crippen MR) is 173 cm³/mol. The minimum atomic E-state index is -0.766. The van der Waals surface area contributed by atoms with Crippen molar-refractivity contribution in [3.63, 3.8) is 0 Å². The van der Waals surface area contributed by atoms with Gasteiger partial charge in [0.25, 0.3) is 0 Å². The molecule has 5 nitrogen and oxygen atoms in total.